The topological polar surface area (TPSA) is 84.2 Å². The summed E-state index contributed by atoms with van der Waals surface area (Å²) in [5.41, 5.74) is 6.25. The molecule has 1 atom stereocenters. The van der Waals surface area contributed by atoms with Crippen molar-refractivity contribution in [1.29, 1.82) is 0 Å². The van der Waals surface area contributed by atoms with Gasteiger partial charge in [0, 0.05) is 17.8 Å². The second-order valence-electron chi connectivity index (χ2n) is 4.12. The van der Waals surface area contributed by atoms with E-state index in [1.54, 1.807) is 24.3 Å². The van der Waals surface area contributed by atoms with Crippen molar-refractivity contribution in [2.45, 2.75) is 6.42 Å². The molecule has 1 aromatic rings. The highest BCUT2D eigenvalue weighted by molar-refractivity contribution is 5.95. The van der Waals surface area contributed by atoms with Crippen molar-refractivity contribution < 1.29 is 9.59 Å². The molecule has 1 saturated heterocycles. The predicted octanol–water partition coefficient (Wildman–Crippen LogP) is 0.755. The number of anilines is 1. The Morgan fingerprint density at radius 1 is 1.28 bits per heavy atom. The number of carbonyl (C=O) groups excluding carboxylic acids is 2. The van der Waals surface area contributed by atoms with E-state index in [0.29, 0.717) is 11.3 Å². The van der Waals surface area contributed by atoms with Gasteiger partial charge in [-0.25, -0.2) is 0 Å². The molecule has 4 N–H and O–H groups in total. The molecule has 1 unspecified atom stereocenters. The first-order valence-electron chi connectivity index (χ1n) is 5.58. The zero-order valence-corrected chi connectivity index (χ0v) is 10.6. The van der Waals surface area contributed by atoms with Crippen LogP contribution in [0, 0.1) is 5.92 Å². The molecule has 0 bridgehead atoms. The van der Waals surface area contributed by atoms with Crippen LogP contribution in [0.1, 0.15) is 16.8 Å². The van der Waals surface area contributed by atoms with Crippen molar-refractivity contribution in [3.63, 3.8) is 0 Å². The lowest BCUT2D eigenvalue weighted by molar-refractivity contribution is -0.119. The Balaban J connectivity index is 0.00000162. The summed E-state index contributed by atoms with van der Waals surface area (Å²) in [5, 5.41) is 5.96. The Morgan fingerprint density at radius 2 is 1.94 bits per heavy atom. The molecule has 1 heterocycles. The first kappa shape index (κ1) is 14.5. The lowest BCUT2D eigenvalue weighted by Crippen LogP contribution is -2.24. The smallest absolute Gasteiger partial charge is 0.248 e. The summed E-state index contributed by atoms with van der Waals surface area (Å²) in [7, 11) is 0. The molecule has 5 nitrogen and oxygen atoms in total. The normalized spacial score (nSPS) is 17.9. The van der Waals surface area contributed by atoms with E-state index < -0.39 is 5.91 Å². The van der Waals surface area contributed by atoms with Crippen molar-refractivity contribution in [2.75, 3.05) is 18.4 Å². The minimum Gasteiger partial charge on any atom is -0.366 e. The van der Waals surface area contributed by atoms with Gasteiger partial charge in [-0.3, -0.25) is 9.59 Å². The van der Waals surface area contributed by atoms with Gasteiger partial charge in [0.15, 0.2) is 0 Å². The van der Waals surface area contributed by atoms with Crippen molar-refractivity contribution in [2.24, 2.45) is 11.7 Å². The Morgan fingerprint density at radius 3 is 2.44 bits per heavy atom. The molecule has 2 amide bonds. The average Bonchev–Trinajstić information content (AvgIpc) is 2.83. The van der Waals surface area contributed by atoms with E-state index in [1.165, 1.54) is 0 Å². The Labute approximate surface area is 112 Å². The first-order chi connectivity index (χ1) is 8.16. The number of hydrogen-bond donors (Lipinski definition) is 3. The number of amides is 2. The second kappa shape index (κ2) is 6.37. The first-order valence-corrected chi connectivity index (χ1v) is 5.58. The van der Waals surface area contributed by atoms with Crippen LogP contribution >= 0.6 is 12.4 Å². The average molecular weight is 270 g/mol. The number of benzene rings is 1. The van der Waals surface area contributed by atoms with Crippen LogP contribution in [0.15, 0.2) is 24.3 Å². The molecular weight excluding hydrogens is 254 g/mol. The molecule has 0 aliphatic carbocycles. The summed E-state index contributed by atoms with van der Waals surface area (Å²) in [4.78, 5) is 22.7. The van der Waals surface area contributed by atoms with Gasteiger partial charge in [0.05, 0.1) is 5.92 Å². The molecule has 98 valence electrons. The van der Waals surface area contributed by atoms with Crippen LogP contribution in [-0.2, 0) is 4.79 Å². The number of nitrogens with two attached hydrogens (primary N) is 1. The van der Waals surface area contributed by atoms with E-state index in [1.807, 2.05) is 0 Å². The van der Waals surface area contributed by atoms with Gasteiger partial charge in [0.25, 0.3) is 0 Å². The number of hydrogen-bond acceptors (Lipinski definition) is 3. The van der Waals surface area contributed by atoms with Gasteiger partial charge in [0.2, 0.25) is 11.8 Å². The standard InChI is InChI=1S/C12H15N3O2.ClH/c13-11(16)8-1-3-10(4-2-8)15-12(17)9-5-6-14-7-9;/h1-4,9,14H,5-7H2,(H2,13,16)(H,15,17);1H. The Kier molecular flexibility index (Phi) is 5.12. The second-order valence-corrected chi connectivity index (χ2v) is 4.12. The molecular formula is C12H16ClN3O2. The van der Waals surface area contributed by atoms with Crippen LogP contribution in [0.2, 0.25) is 0 Å². The minimum atomic E-state index is -0.470. The van der Waals surface area contributed by atoms with Gasteiger partial charge in [-0.2, -0.15) is 0 Å². The summed E-state index contributed by atoms with van der Waals surface area (Å²) in [5.74, 6) is -0.421. The summed E-state index contributed by atoms with van der Waals surface area (Å²) in [6.07, 6.45) is 0.866. The molecule has 1 aromatic carbocycles. The fourth-order valence-corrected chi connectivity index (χ4v) is 1.84. The zero-order valence-electron chi connectivity index (χ0n) is 9.81. The van der Waals surface area contributed by atoms with Crippen molar-refractivity contribution in [3.05, 3.63) is 29.8 Å². The highest BCUT2D eigenvalue weighted by Crippen LogP contribution is 2.13. The molecule has 0 saturated carbocycles. The van der Waals surface area contributed by atoms with Crippen LogP contribution < -0.4 is 16.4 Å². The molecule has 2 rings (SSSR count). The number of halogens is 1. The fourth-order valence-electron chi connectivity index (χ4n) is 1.84. The molecule has 6 heteroatoms. The van der Waals surface area contributed by atoms with E-state index in [0.717, 1.165) is 19.5 Å². The van der Waals surface area contributed by atoms with Gasteiger partial charge in [-0.05, 0) is 37.2 Å². The summed E-state index contributed by atoms with van der Waals surface area (Å²) in [6, 6.07) is 6.57. The lowest BCUT2D eigenvalue weighted by Gasteiger charge is -2.09. The van der Waals surface area contributed by atoms with Gasteiger partial charge < -0.3 is 16.4 Å². The van der Waals surface area contributed by atoms with Crippen LogP contribution in [0.25, 0.3) is 0 Å². The highest BCUT2D eigenvalue weighted by Gasteiger charge is 2.22. The van der Waals surface area contributed by atoms with Gasteiger partial charge in [0.1, 0.15) is 0 Å². The summed E-state index contributed by atoms with van der Waals surface area (Å²) < 4.78 is 0. The molecule has 1 fully saturated rings. The highest BCUT2D eigenvalue weighted by atomic mass is 35.5. The molecule has 1 aliphatic heterocycles. The third-order valence-electron chi connectivity index (χ3n) is 2.87. The molecule has 0 aromatic heterocycles. The van der Waals surface area contributed by atoms with E-state index >= 15 is 0 Å². The van der Waals surface area contributed by atoms with E-state index in [2.05, 4.69) is 10.6 Å². The zero-order chi connectivity index (χ0) is 12.3. The molecule has 18 heavy (non-hydrogen) atoms. The van der Waals surface area contributed by atoms with Crippen LogP contribution in [0.5, 0.6) is 0 Å². The van der Waals surface area contributed by atoms with Crippen LogP contribution in [0.3, 0.4) is 0 Å². The molecule has 0 spiro atoms. The quantitative estimate of drug-likeness (QED) is 0.757. The SMILES string of the molecule is Cl.NC(=O)c1ccc(NC(=O)C2CCNC2)cc1. The Hall–Kier alpha value is -1.59. The molecule has 0 radical (unpaired) electrons. The van der Waals surface area contributed by atoms with E-state index in [-0.39, 0.29) is 24.2 Å². The Bertz CT molecular complexity index is 427. The van der Waals surface area contributed by atoms with E-state index in [4.69, 9.17) is 5.73 Å². The third-order valence-corrected chi connectivity index (χ3v) is 2.87. The number of carbonyl (C=O) groups is 2. The monoisotopic (exact) mass is 269 g/mol. The lowest BCUT2D eigenvalue weighted by atomic mass is 10.1. The molecule has 1 aliphatic rings. The van der Waals surface area contributed by atoms with Crippen molar-refractivity contribution in [3.8, 4) is 0 Å². The van der Waals surface area contributed by atoms with Crippen molar-refractivity contribution in [1.82, 2.24) is 5.32 Å². The number of rotatable bonds is 3. The minimum absolute atomic E-state index is 0. The number of nitrogens with one attached hydrogen (secondary N) is 2. The fraction of sp³-hybridized carbons (Fsp3) is 0.333. The van der Waals surface area contributed by atoms with Gasteiger partial charge >= 0.3 is 0 Å². The summed E-state index contributed by atoms with van der Waals surface area (Å²) in [6.45, 7) is 1.61. The summed E-state index contributed by atoms with van der Waals surface area (Å²) >= 11 is 0. The van der Waals surface area contributed by atoms with E-state index in [9.17, 15) is 9.59 Å². The van der Waals surface area contributed by atoms with Crippen LogP contribution in [-0.4, -0.2) is 24.9 Å². The third kappa shape index (κ3) is 3.45. The maximum absolute atomic E-state index is 11.8. The predicted molar refractivity (Wildman–Crippen MR) is 71.8 cm³/mol. The maximum atomic E-state index is 11.8. The van der Waals surface area contributed by atoms with Gasteiger partial charge in [-0.1, -0.05) is 0 Å². The maximum Gasteiger partial charge on any atom is 0.248 e. The van der Waals surface area contributed by atoms with Crippen LogP contribution in [0.4, 0.5) is 5.69 Å². The largest absolute Gasteiger partial charge is 0.366 e. The number of primary amides is 1. The van der Waals surface area contributed by atoms with Crippen molar-refractivity contribution >= 4 is 29.9 Å². The van der Waals surface area contributed by atoms with Gasteiger partial charge in [-0.15, -0.1) is 12.4 Å².